The molecule has 0 saturated carbocycles. The van der Waals surface area contributed by atoms with Crippen molar-refractivity contribution >= 4 is 11.4 Å². The number of aryl methyl sites for hydroxylation is 1. The fourth-order valence-corrected chi connectivity index (χ4v) is 6.16. The van der Waals surface area contributed by atoms with E-state index in [0.717, 1.165) is 33.6 Å². The summed E-state index contributed by atoms with van der Waals surface area (Å²) in [5, 5.41) is 0. The van der Waals surface area contributed by atoms with E-state index >= 15 is 0 Å². The number of hydrogen-bond acceptors (Lipinski definition) is 5. The summed E-state index contributed by atoms with van der Waals surface area (Å²) in [7, 11) is 1.63. The zero-order valence-corrected chi connectivity index (χ0v) is 23.8. The molecule has 5 nitrogen and oxygen atoms in total. The fraction of sp³-hybridized carbons (Fsp3) is 0.250. The first-order valence-electron chi connectivity index (χ1n) is 13.9. The summed E-state index contributed by atoms with van der Waals surface area (Å²) in [5.41, 5.74) is 2.84. The van der Waals surface area contributed by atoms with Gasteiger partial charge in [0.2, 0.25) is 5.78 Å². The molecule has 6 rings (SSSR count). The quantitative estimate of drug-likeness (QED) is 0.226. The number of rotatable bonds is 8. The molecule has 1 aliphatic carbocycles. The van der Waals surface area contributed by atoms with Crippen LogP contribution in [0.15, 0.2) is 115 Å². The Bertz CT molecular complexity index is 1480. The average Bonchev–Trinajstić information content (AvgIpc) is 3.41. The second-order valence-electron chi connectivity index (χ2n) is 11.1. The summed E-state index contributed by atoms with van der Waals surface area (Å²) in [5.74, 6) is -0.373. The van der Waals surface area contributed by atoms with Gasteiger partial charge in [-0.15, -0.1) is 0 Å². The lowest BCUT2D eigenvalue weighted by Gasteiger charge is -2.39. The van der Waals surface area contributed by atoms with Crippen molar-refractivity contribution in [2.75, 3.05) is 13.7 Å². The van der Waals surface area contributed by atoms with Crippen LogP contribution in [0.25, 0.3) is 5.57 Å². The maximum absolute atomic E-state index is 14.4. The lowest BCUT2D eigenvalue weighted by Crippen LogP contribution is -2.50. The standard InChI is InChI=1S/C36H34O5/c1-25-22-29(38-4)20-21-30(25)31-23-32-35(33(31)37,41-34(2,3)40-32)24-39-36(26-14-8-5-9-15-26,27-16-10-6-11-17-27)28-18-12-7-13-19-28/h5-23,32H,24H2,1-4H3/t32-,35-/m0/s1. The molecule has 4 aromatic rings. The number of ketones is 1. The average molecular weight is 547 g/mol. The molecule has 0 bridgehead atoms. The van der Waals surface area contributed by atoms with Crippen molar-refractivity contribution in [2.45, 2.75) is 43.9 Å². The molecule has 5 heteroatoms. The Kier molecular flexibility index (Phi) is 6.90. The van der Waals surface area contributed by atoms with E-state index < -0.39 is 23.1 Å². The van der Waals surface area contributed by atoms with Gasteiger partial charge < -0.3 is 18.9 Å². The van der Waals surface area contributed by atoms with E-state index in [0.29, 0.717) is 5.57 Å². The lowest BCUT2D eigenvalue weighted by molar-refractivity contribution is -0.184. The zero-order valence-electron chi connectivity index (χ0n) is 23.8. The Morgan fingerprint density at radius 1 is 0.805 bits per heavy atom. The second-order valence-corrected chi connectivity index (χ2v) is 11.1. The molecule has 208 valence electrons. The van der Waals surface area contributed by atoms with Crippen LogP contribution in [0.5, 0.6) is 5.75 Å². The van der Waals surface area contributed by atoms with Crippen LogP contribution in [0.4, 0.5) is 0 Å². The molecular weight excluding hydrogens is 512 g/mol. The van der Waals surface area contributed by atoms with Crippen LogP contribution in [0.2, 0.25) is 0 Å². The van der Waals surface area contributed by atoms with E-state index in [1.165, 1.54) is 0 Å². The van der Waals surface area contributed by atoms with Crippen LogP contribution in [0, 0.1) is 6.92 Å². The number of ether oxygens (including phenoxy) is 4. The minimum Gasteiger partial charge on any atom is -0.497 e. The number of carbonyl (C=O) groups is 1. The maximum atomic E-state index is 14.4. The van der Waals surface area contributed by atoms with Crippen molar-refractivity contribution in [3.63, 3.8) is 0 Å². The smallest absolute Gasteiger partial charge is 0.200 e. The van der Waals surface area contributed by atoms with Gasteiger partial charge in [-0.3, -0.25) is 4.79 Å². The van der Waals surface area contributed by atoms with Crippen molar-refractivity contribution in [1.29, 1.82) is 0 Å². The molecule has 0 N–H and O–H groups in total. The third-order valence-electron chi connectivity index (χ3n) is 8.01. The topological polar surface area (TPSA) is 54.0 Å². The Morgan fingerprint density at radius 2 is 1.34 bits per heavy atom. The number of Topliss-reactive ketones (excluding diaryl/α,β-unsaturated/α-hetero) is 1. The van der Waals surface area contributed by atoms with Crippen LogP contribution in [0.3, 0.4) is 0 Å². The van der Waals surface area contributed by atoms with Gasteiger partial charge in [0.05, 0.1) is 13.7 Å². The van der Waals surface area contributed by atoms with Crippen molar-refractivity contribution < 1.29 is 23.7 Å². The SMILES string of the molecule is COc1ccc(C2=C[C@@H]3OC(C)(C)O[C@]3(COC(c3ccccc3)(c3ccccc3)c3ccccc3)C2=O)c(C)c1. The molecule has 0 radical (unpaired) electrons. The molecule has 1 saturated heterocycles. The Labute approximate surface area is 241 Å². The number of fused-ring (bicyclic) bond motifs is 1. The molecule has 1 heterocycles. The second kappa shape index (κ2) is 10.4. The van der Waals surface area contributed by atoms with E-state index in [2.05, 4.69) is 36.4 Å². The predicted octanol–water partition coefficient (Wildman–Crippen LogP) is 6.87. The largest absolute Gasteiger partial charge is 0.497 e. The van der Waals surface area contributed by atoms with Crippen molar-refractivity contribution in [2.24, 2.45) is 0 Å². The molecule has 0 unspecified atom stereocenters. The van der Waals surface area contributed by atoms with Gasteiger partial charge in [-0.25, -0.2) is 0 Å². The first-order valence-corrected chi connectivity index (χ1v) is 13.9. The molecular formula is C36H34O5. The van der Waals surface area contributed by atoms with Crippen LogP contribution < -0.4 is 4.74 Å². The normalized spacial score (nSPS) is 21.4. The van der Waals surface area contributed by atoms with Crippen LogP contribution >= 0.6 is 0 Å². The van der Waals surface area contributed by atoms with Gasteiger partial charge in [0.15, 0.2) is 11.4 Å². The van der Waals surface area contributed by atoms with Crippen molar-refractivity contribution in [3.05, 3.63) is 143 Å². The third-order valence-corrected chi connectivity index (χ3v) is 8.01. The molecule has 2 atom stereocenters. The van der Waals surface area contributed by atoms with Crippen molar-refractivity contribution in [3.8, 4) is 5.75 Å². The Morgan fingerprint density at radius 3 is 1.83 bits per heavy atom. The number of methoxy groups -OCH3 is 1. The third kappa shape index (κ3) is 4.60. The fourth-order valence-electron chi connectivity index (χ4n) is 6.16. The number of benzene rings is 4. The van der Waals surface area contributed by atoms with Crippen LogP contribution in [-0.4, -0.2) is 37.0 Å². The predicted molar refractivity (Wildman–Crippen MR) is 159 cm³/mol. The van der Waals surface area contributed by atoms with E-state index in [1.807, 2.05) is 99.6 Å². The van der Waals surface area contributed by atoms with Gasteiger partial charge in [-0.1, -0.05) is 97.1 Å². The summed E-state index contributed by atoms with van der Waals surface area (Å²) in [6.07, 6.45) is 1.28. The van der Waals surface area contributed by atoms with Gasteiger partial charge in [0.1, 0.15) is 17.5 Å². The number of carbonyl (C=O) groups excluding carboxylic acids is 1. The zero-order chi connectivity index (χ0) is 28.7. The monoisotopic (exact) mass is 546 g/mol. The van der Waals surface area contributed by atoms with E-state index in [-0.39, 0.29) is 12.4 Å². The van der Waals surface area contributed by atoms with E-state index in [4.69, 9.17) is 18.9 Å². The highest BCUT2D eigenvalue weighted by Crippen LogP contribution is 2.49. The molecule has 1 fully saturated rings. The minimum absolute atomic E-state index is 0.0200. The van der Waals surface area contributed by atoms with Crippen molar-refractivity contribution in [1.82, 2.24) is 0 Å². The first-order chi connectivity index (χ1) is 19.8. The van der Waals surface area contributed by atoms with E-state index in [1.54, 1.807) is 7.11 Å². The van der Waals surface area contributed by atoms with Crippen LogP contribution in [0.1, 0.15) is 41.7 Å². The molecule has 41 heavy (non-hydrogen) atoms. The Hall–Kier alpha value is -4.03. The first kappa shape index (κ1) is 27.2. The van der Waals surface area contributed by atoms with E-state index in [9.17, 15) is 4.79 Å². The van der Waals surface area contributed by atoms with Crippen LogP contribution in [-0.2, 0) is 24.6 Å². The summed E-state index contributed by atoms with van der Waals surface area (Å²) in [6.45, 7) is 5.63. The molecule has 0 amide bonds. The van der Waals surface area contributed by atoms with Gasteiger partial charge in [-0.05, 0) is 66.8 Å². The molecule has 0 spiro atoms. The molecule has 2 aliphatic rings. The van der Waals surface area contributed by atoms with Gasteiger partial charge in [-0.2, -0.15) is 0 Å². The summed E-state index contributed by atoms with van der Waals surface area (Å²) >= 11 is 0. The lowest BCUT2D eigenvalue weighted by atomic mass is 9.79. The minimum atomic E-state index is -1.35. The molecule has 1 aliphatic heterocycles. The number of hydrogen-bond donors (Lipinski definition) is 0. The molecule has 4 aromatic carbocycles. The maximum Gasteiger partial charge on any atom is 0.200 e. The highest BCUT2D eigenvalue weighted by atomic mass is 16.8. The Balaban J connectivity index is 1.46. The highest BCUT2D eigenvalue weighted by molar-refractivity contribution is 6.28. The van der Waals surface area contributed by atoms with Gasteiger partial charge >= 0.3 is 0 Å². The summed E-state index contributed by atoms with van der Waals surface area (Å²) < 4.78 is 25.4. The highest BCUT2D eigenvalue weighted by Gasteiger charge is 2.62. The molecule has 0 aromatic heterocycles. The van der Waals surface area contributed by atoms with Gasteiger partial charge in [0.25, 0.3) is 0 Å². The van der Waals surface area contributed by atoms with Gasteiger partial charge in [0, 0.05) is 5.57 Å². The summed E-state index contributed by atoms with van der Waals surface area (Å²) in [6, 6.07) is 36.1. The summed E-state index contributed by atoms with van der Waals surface area (Å²) in [4.78, 5) is 14.4.